The van der Waals surface area contributed by atoms with Crippen LogP contribution in [0.3, 0.4) is 0 Å². The van der Waals surface area contributed by atoms with E-state index in [1.54, 1.807) is 0 Å². The molecule has 1 aromatic heterocycles. The Morgan fingerprint density at radius 1 is 1.03 bits per heavy atom. The maximum atomic E-state index is 15.6. The summed E-state index contributed by atoms with van der Waals surface area (Å²) < 4.78 is 32.2. The van der Waals surface area contributed by atoms with Crippen LogP contribution in [-0.2, 0) is 0 Å². The predicted molar refractivity (Wildman–Crippen MR) is 132 cm³/mol. The summed E-state index contributed by atoms with van der Waals surface area (Å²) in [7, 11) is 1.36. The van der Waals surface area contributed by atoms with Crippen molar-refractivity contribution in [2.45, 2.75) is 26.7 Å². The second-order valence-electron chi connectivity index (χ2n) is 9.02. The summed E-state index contributed by atoms with van der Waals surface area (Å²) in [4.78, 5) is 16.7. The van der Waals surface area contributed by atoms with Gasteiger partial charge in [0.1, 0.15) is 17.2 Å². The molecule has 1 fully saturated rings. The number of likely N-dealkylation sites (N-methyl/N-ethyl adjacent to an activating group) is 1. The number of carbonyl (C=O) groups excluding carboxylic acids is 1. The van der Waals surface area contributed by atoms with Gasteiger partial charge in [-0.2, -0.15) is 0 Å². The molecule has 0 saturated carbocycles. The summed E-state index contributed by atoms with van der Waals surface area (Å²) in [5.41, 5.74) is 0.414. The minimum absolute atomic E-state index is 0.0673. The number of piperazine rings is 1. The fourth-order valence-corrected chi connectivity index (χ4v) is 4.44. The number of nitrogens with zero attached hydrogens (tertiary/aromatic N) is 5. The Labute approximate surface area is 208 Å². The first kappa shape index (κ1) is 25.4. The van der Waals surface area contributed by atoms with Crippen molar-refractivity contribution in [2.24, 2.45) is 0 Å². The second kappa shape index (κ2) is 10.1. The van der Waals surface area contributed by atoms with Crippen LogP contribution in [0.2, 0.25) is 0 Å². The number of amides is 1. The zero-order valence-electron chi connectivity index (χ0n) is 20.7. The molecular weight excluding hydrogens is 470 g/mol. The van der Waals surface area contributed by atoms with Crippen LogP contribution in [0.15, 0.2) is 24.3 Å². The van der Waals surface area contributed by atoms with E-state index in [9.17, 15) is 15.0 Å². The third-order valence-corrected chi connectivity index (χ3v) is 6.51. The molecule has 2 heterocycles. The minimum atomic E-state index is -0.906. The Kier molecular flexibility index (Phi) is 7.11. The molecule has 36 heavy (non-hydrogen) atoms. The zero-order valence-corrected chi connectivity index (χ0v) is 20.7. The van der Waals surface area contributed by atoms with Crippen LogP contribution in [-0.4, -0.2) is 75.6 Å². The number of aromatic nitrogens is 3. The van der Waals surface area contributed by atoms with Gasteiger partial charge in [0.2, 0.25) is 5.82 Å². The quantitative estimate of drug-likeness (QED) is 0.477. The molecule has 0 spiro atoms. The van der Waals surface area contributed by atoms with Gasteiger partial charge in [-0.1, -0.05) is 20.8 Å². The molecule has 2 aromatic carbocycles. The number of halogens is 2. The van der Waals surface area contributed by atoms with Gasteiger partial charge >= 0.3 is 0 Å². The smallest absolute Gasteiger partial charge is 0.289 e. The van der Waals surface area contributed by atoms with Gasteiger partial charge < -0.3 is 25.3 Å². The van der Waals surface area contributed by atoms with E-state index >= 15 is 8.78 Å². The van der Waals surface area contributed by atoms with Gasteiger partial charge in [-0.05, 0) is 36.2 Å². The molecule has 11 heteroatoms. The number of aromatic hydroxyl groups is 2. The Balaban J connectivity index is 1.87. The van der Waals surface area contributed by atoms with Crippen molar-refractivity contribution in [3.8, 4) is 28.6 Å². The molecule has 1 saturated heterocycles. The molecule has 1 amide bonds. The third kappa shape index (κ3) is 4.58. The van der Waals surface area contributed by atoms with E-state index in [0.717, 1.165) is 30.3 Å². The Bertz CT molecular complexity index is 1260. The Morgan fingerprint density at radius 3 is 2.22 bits per heavy atom. The number of benzene rings is 2. The van der Waals surface area contributed by atoms with Gasteiger partial charge in [-0.15, -0.1) is 10.2 Å². The number of carbonyl (C=O) groups is 1. The van der Waals surface area contributed by atoms with Crippen molar-refractivity contribution in [3.63, 3.8) is 0 Å². The molecular formula is C25H30F2N6O3. The number of hydrogen-bond donors (Lipinski definition) is 3. The normalized spacial score (nSPS) is 14.5. The number of phenols is 2. The highest BCUT2D eigenvalue weighted by molar-refractivity contribution is 5.92. The van der Waals surface area contributed by atoms with Gasteiger partial charge in [0.05, 0.1) is 5.56 Å². The van der Waals surface area contributed by atoms with Gasteiger partial charge in [0, 0.05) is 45.0 Å². The number of nitrogens with one attached hydrogen (secondary N) is 1. The first-order valence-corrected chi connectivity index (χ1v) is 11.9. The largest absolute Gasteiger partial charge is 0.508 e. The fraction of sp³-hybridized carbons (Fsp3) is 0.400. The molecule has 0 radical (unpaired) electrons. The van der Waals surface area contributed by atoms with E-state index < -0.39 is 23.2 Å². The lowest BCUT2D eigenvalue weighted by Gasteiger charge is -2.35. The topological polar surface area (TPSA) is 107 Å². The van der Waals surface area contributed by atoms with E-state index in [1.807, 2.05) is 18.7 Å². The summed E-state index contributed by atoms with van der Waals surface area (Å²) in [5, 5.41) is 31.1. The highest BCUT2D eigenvalue weighted by Gasteiger charge is 2.28. The van der Waals surface area contributed by atoms with Gasteiger partial charge in [-0.25, -0.2) is 8.78 Å². The molecule has 192 valence electrons. The zero-order chi connectivity index (χ0) is 26.1. The van der Waals surface area contributed by atoms with Crippen molar-refractivity contribution in [3.05, 3.63) is 47.3 Å². The lowest BCUT2D eigenvalue weighted by Crippen LogP contribution is -2.46. The molecule has 0 aliphatic carbocycles. The van der Waals surface area contributed by atoms with Crippen molar-refractivity contribution < 1.29 is 23.8 Å². The van der Waals surface area contributed by atoms with Crippen molar-refractivity contribution in [1.82, 2.24) is 25.0 Å². The van der Waals surface area contributed by atoms with Gasteiger partial charge in [0.25, 0.3) is 5.91 Å². The minimum Gasteiger partial charge on any atom is -0.508 e. The molecule has 0 atom stereocenters. The summed E-state index contributed by atoms with van der Waals surface area (Å²) in [6, 6.07) is 5.07. The molecule has 9 nitrogen and oxygen atoms in total. The van der Waals surface area contributed by atoms with Gasteiger partial charge in [-0.3, -0.25) is 9.36 Å². The standard InChI is InChI=1S/C25H30F2N6O3/c1-5-31-6-8-32(9-7-31)15-10-18(26)22(19(27)11-15)33-23(29-30-24(33)25(36)28-4)17-12-16(14(2)3)20(34)13-21(17)35/h10-14,34-35H,5-9H2,1-4H3,(H,28,36). The average Bonchev–Trinajstić information content (AvgIpc) is 3.27. The third-order valence-electron chi connectivity index (χ3n) is 6.51. The van der Waals surface area contributed by atoms with Crippen LogP contribution in [0.4, 0.5) is 14.5 Å². The molecule has 1 aliphatic heterocycles. The summed E-state index contributed by atoms with van der Waals surface area (Å²) >= 11 is 0. The molecule has 4 rings (SSSR count). The van der Waals surface area contributed by atoms with E-state index in [-0.39, 0.29) is 34.6 Å². The second-order valence-corrected chi connectivity index (χ2v) is 9.02. The van der Waals surface area contributed by atoms with E-state index in [2.05, 4.69) is 27.3 Å². The number of rotatable bonds is 6. The van der Waals surface area contributed by atoms with Crippen molar-refractivity contribution in [2.75, 3.05) is 44.7 Å². The average molecular weight is 501 g/mol. The van der Waals surface area contributed by atoms with Crippen LogP contribution in [0, 0.1) is 11.6 Å². The molecule has 3 N–H and O–H groups in total. The van der Waals surface area contributed by atoms with Crippen LogP contribution in [0.25, 0.3) is 17.1 Å². The van der Waals surface area contributed by atoms with E-state index in [4.69, 9.17) is 0 Å². The summed E-state index contributed by atoms with van der Waals surface area (Å²) in [6.45, 7) is 9.51. The lowest BCUT2D eigenvalue weighted by molar-refractivity contribution is 0.0950. The Morgan fingerprint density at radius 2 is 1.67 bits per heavy atom. The monoisotopic (exact) mass is 500 g/mol. The van der Waals surface area contributed by atoms with Crippen molar-refractivity contribution >= 4 is 11.6 Å². The summed E-state index contributed by atoms with van der Waals surface area (Å²) in [6.07, 6.45) is 0. The highest BCUT2D eigenvalue weighted by atomic mass is 19.1. The number of hydrogen-bond acceptors (Lipinski definition) is 7. The maximum absolute atomic E-state index is 15.6. The van der Waals surface area contributed by atoms with E-state index in [0.29, 0.717) is 24.3 Å². The van der Waals surface area contributed by atoms with E-state index in [1.165, 1.54) is 25.2 Å². The van der Waals surface area contributed by atoms with Crippen LogP contribution >= 0.6 is 0 Å². The number of anilines is 1. The van der Waals surface area contributed by atoms with Gasteiger partial charge in [0.15, 0.2) is 17.5 Å². The van der Waals surface area contributed by atoms with Crippen LogP contribution in [0.5, 0.6) is 11.5 Å². The number of phenolic OH excluding ortho intramolecular Hbond substituents is 2. The molecule has 0 bridgehead atoms. The molecule has 1 aliphatic rings. The molecule has 3 aromatic rings. The first-order chi connectivity index (χ1) is 17.2. The van der Waals surface area contributed by atoms with Crippen molar-refractivity contribution in [1.29, 1.82) is 0 Å². The lowest BCUT2D eigenvalue weighted by atomic mass is 9.98. The predicted octanol–water partition coefficient (Wildman–Crippen LogP) is 3.25. The maximum Gasteiger partial charge on any atom is 0.289 e. The molecule has 0 unspecified atom stereocenters. The first-order valence-electron chi connectivity index (χ1n) is 11.9. The summed E-state index contributed by atoms with van der Waals surface area (Å²) in [5.74, 6) is -3.65. The Hall–Kier alpha value is -3.73. The van der Waals surface area contributed by atoms with Crippen LogP contribution < -0.4 is 10.2 Å². The highest BCUT2D eigenvalue weighted by Crippen LogP contribution is 2.39. The van der Waals surface area contributed by atoms with Crippen LogP contribution in [0.1, 0.15) is 42.9 Å². The SMILES string of the molecule is CCN1CCN(c2cc(F)c(-n3c(C(=O)NC)nnc3-c3cc(C(C)C)c(O)cc3O)c(F)c2)CC1. The fourth-order valence-electron chi connectivity index (χ4n) is 4.44.